The molecule has 0 aliphatic heterocycles. The molecule has 21 heavy (non-hydrogen) atoms. The van der Waals surface area contributed by atoms with Gasteiger partial charge in [-0.05, 0) is 24.6 Å². The van der Waals surface area contributed by atoms with Crippen LogP contribution in [-0.2, 0) is 9.59 Å². The Bertz CT molecular complexity index is 453. The number of aryl methyl sites for hydroxylation is 1. The van der Waals surface area contributed by atoms with Gasteiger partial charge in [0, 0.05) is 31.2 Å². The highest BCUT2D eigenvalue weighted by Gasteiger charge is 2.10. The van der Waals surface area contributed by atoms with Gasteiger partial charge in [-0.3, -0.25) is 9.59 Å². The Hall–Kier alpha value is -1.80. The summed E-state index contributed by atoms with van der Waals surface area (Å²) < 4.78 is 0. The van der Waals surface area contributed by atoms with Crippen LogP contribution in [0.15, 0.2) is 18.3 Å². The molecule has 118 valence electrons. The number of aromatic nitrogens is 1. The topological polar surface area (TPSA) is 126 Å². The molecule has 0 spiro atoms. The number of hydrogen-bond donors (Lipinski definition) is 4. The van der Waals surface area contributed by atoms with Gasteiger partial charge in [0.15, 0.2) is 0 Å². The van der Waals surface area contributed by atoms with Crippen molar-refractivity contribution in [2.24, 2.45) is 5.73 Å². The van der Waals surface area contributed by atoms with Gasteiger partial charge in [0.2, 0.25) is 0 Å². The highest BCUT2D eigenvalue weighted by atomic mass is 32.2. The zero-order valence-corrected chi connectivity index (χ0v) is 12.9. The van der Waals surface area contributed by atoms with Crippen molar-refractivity contribution in [3.63, 3.8) is 0 Å². The average molecular weight is 315 g/mol. The van der Waals surface area contributed by atoms with Crippen molar-refractivity contribution >= 4 is 29.5 Å². The first-order chi connectivity index (χ1) is 9.82. The number of pyridine rings is 1. The molecule has 0 fully saturated rings. The summed E-state index contributed by atoms with van der Waals surface area (Å²) in [6.07, 6.45) is 1.76. The molecule has 1 heterocycles. The monoisotopic (exact) mass is 315 g/mol. The first kappa shape index (κ1) is 19.2. The molecule has 0 saturated heterocycles. The predicted octanol–water partition coefficient (Wildman–Crippen LogP) is 1.04. The number of nitrogens with one attached hydrogen (secondary N) is 1. The fourth-order valence-corrected chi connectivity index (χ4v) is 1.98. The van der Waals surface area contributed by atoms with E-state index in [0.717, 1.165) is 30.6 Å². The minimum Gasteiger partial charge on any atom is -0.481 e. The lowest BCUT2D eigenvalue weighted by Crippen LogP contribution is -2.32. The molecule has 1 atom stereocenters. The van der Waals surface area contributed by atoms with Crippen LogP contribution in [0.25, 0.3) is 0 Å². The Morgan fingerprint density at radius 2 is 2.10 bits per heavy atom. The van der Waals surface area contributed by atoms with Gasteiger partial charge in [0.1, 0.15) is 11.9 Å². The van der Waals surface area contributed by atoms with Crippen LogP contribution in [0.2, 0.25) is 0 Å². The highest BCUT2D eigenvalue weighted by Crippen LogP contribution is 2.06. The fourth-order valence-electron chi connectivity index (χ4n) is 1.17. The van der Waals surface area contributed by atoms with E-state index in [1.54, 1.807) is 6.20 Å². The number of aliphatic carboxylic acids is 2. The van der Waals surface area contributed by atoms with Gasteiger partial charge >= 0.3 is 5.97 Å². The van der Waals surface area contributed by atoms with Crippen LogP contribution in [0.3, 0.4) is 0 Å². The Labute approximate surface area is 128 Å². The van der Waals surface area contributed by atoms with Gasteiger partial charge in [0.25, 0.3) is 5.97 Å². The second-order valence-electron chi connectivity index (χ2n) is 4.18. The molecular weight excluding hydrogens is 294 g/mol. The maximum atomic E-state index is 10.5. The van der Waals surface area contributed by atoms with E-state index < -0.39 is 18.0 Å². The number of carboxylic acid groups (broad SMARTS) is 2. The van der Waals surface area contributed by atoms with Gasteiger partial charge in [-0.15, -0.1) is 0 Å². The third-order valence-corrected chi connectivity index (χ3v) is 3.17. The Morgan fingerprint density at radius 3 is 2.62 bits per heavy atom. The number of carbonyl (C=O) groups is 2. The molecule has 1 aromatic heterocycles. The first-order valence-corrected chi connectivity index (χ1v) is 7.40. The lowest BCUT2D eigenvalue weighted by atomic mass is 10.3. The second kappa shape index (κ2) is 10.9. The van der Waals surface area contributed by atoms with Crippen molar-refractivity contribution in [3.05, 3.63) is 23.9 Å². The lowest BCUT2D eigenvalue weighted by Gasteiger charge is -2.07. The van der Waals surface area contributed by atoms with Gasteiger partial charge in [-0.2, -0.15) is 11.8 Å². The van der Waals surface area contributed by atoms with E-state index in [1.807, 2.05) is 19.1 Å². The number of carboxylic acids is 2. The van der Waals surface area contributed by atoms with Gasteiger partial charge in [0.05, 0.1) is 0 Å². The normalized spacial score (nSPS) is 11.0. The van der Waals surface area contributed by atoms with Crippen molar-refractivity contribution in [2.45, 2.75) is 19.9 Å². The van der Waals surface area contributed by atoms with Crippen LogP contribution in [0, 0.1) is 6.92 Å². The molecule has 0 bridgehead atoms. The molecule has 0 amide bonds. The van der Waals surface area contributed by atoms with Crippen LogP contribution in [0.5, 0.6) is 0 Å². The summed E-state index contributed by atoms with van der Waals surface area (Å²) in [4.78, 5) is 23.6. The maximum Gasteiger partial charge on any atom is 0.321 e. The number of nitrogens with zero attached hydrogens (tertiary/aromatic N) is 1. The number of rotatable bonds is 7. The molecule has 0 aliphatic rings. The molecule has 0 saturated carbocycles. The van der Waals surface area contributed by atoms with E-state index in [9.17, 15) is 4.79 Å². The molecule has 0 aromatic carbocycles. The van der Waals surface area contributed by atoms with Crippen molar-refractivity contribution in [1.29, 1.82) is 0 Å². The van der Waals surface area contributed by atoms with Crippen molar-refractivity contribution in [1.82, 2.24) is 4.98 Å². The zero-order valence-electron chi connectivity index (χ0n) is 12.1. The Balaban J connectivity index is 0.000000885. The molecule has 0 unspecified atom stereocenters. The largest absolute Gasteiger partial charge is 0.481 e. The van der Waals surface area contributed by atoms with Crippen molar-refractivity contribution in [3.8, 4) is 0 Å². The number of nitrogens with two attached hydrogens (primary N) is 1. The standard InChI is InChI=1S/C11H17N3O2S.C2H4O2/c1-8-2-3-13-10(6-8)14-4-5-17-7-9(12)11(15)16;1-2(3)4/h2-3,6,9H,4-5,7,12H2,1H3,(H,13,14)(H,15,16);1H3,(H,3,4)/t9-;/m0./s1. The van der Waals surface area contributed by atoms with E-state index in [0.29, 0.717) is 5.75 Å². The second-order valence-corrected chi connectivity index (χ2v) is 5.33. The Morgan fingerprint density at radius 1 is 1.48 bits per heavy atom. The molecule has 0 aliphatic carbocycles. The average Bonchev–Trinajstić information content (AvgIpc) is 2.37. The number of anilines is 1. The minimum atomic E-state index is -0.953. The molecule has 7 nitrogen and oxygen atoms in total. The summed E-state index contributed by atoms with van der Waals surface area (Å²) in [5.74, 6) is 0.286. The summed E-state index contributed by atoms with van der Waals surface area (Å²) in [6.45, 7) is 3.83. The summed E-state index contributed by atoms with van der Waals surface area (Å²) in [5.41, 5.74) is 6.53. The van der Waals surface area contributed by atoms with E-state index in [2.05, 4.69) is 10.3 Å². The SMILES string of the molecule is CC(=O)O.Cc1ccnc(NCCSC[C@H](N)C(=O)O)c1. The molecule has 1 rings (SSSR count). The summed E-state index contributed by atoms with van der Waals surface area (Å²) in [5, 5.41) is 19.2. The van der Waals surface area contributed by atoms with Crippen LogP contribution in [-0.4, -0.2) is 51.2 Å². The molecule has 5 N–H and O–H groups in total. The van der Waals surface area contributed by atoms with Gasteiger partial charge in [-0.1, -0.05) is 0 Å². The predicted molar refractivity (Wildman–Crippen MR) is 83.7 cm³/mol. The van der Waals surface area contributed by atoms with Crippen LogP contribution >= 0.6 is 11.8 Å². The Kier molecular flexibility index (Phi) is 9.99. The van der Waals surface area contributed by atoms with Gasteiger partial charge in [-0.25, -0.2) is 4.98 Å². The van der Waals surface area contributed by atoms with E-state index >= 15 is 0 Å². The summed E-state index contributed by atoms with van der Waals surface area (Å²) in [7, 11) is 0. The van der Waals surface area contributed by atoms with Crippen LogP contribution in [0.4, 0.5) is 5.82 Å². The summed E-state index contributed by atoms with van der Waals surface area (Å²) in [6, 6.07) is 3.12. The molecule has 8 heteroatoms. The molecule has 1 aromatic rings. The zero-order chi connectivity index (χ0) is 16.3. The lowest BCUT2D eigenvalue weighted by molar-refractivity contribution is -0.138. The summed E-state index contributed by atoms with van der Waals surface area (Å²) >= 11 is 1.52. The fraction of sp³-hybridized carbons (Fsp3) is 0.462. The smallest absolute Gasteiger partial charge is 0.321 e. The van der Waals surface area contributed by atoms with E-state index in [1.165, 1.54) is 11.8 Å². The number of hydrogen-bond acceptors (Lipinski definition) is 6. The van der Waals surface area contributed by atoms with E-state index in [-0.39, 0.29) is 0 Å². The van der Waals surface area contributed by atoms with Crippen LogP contribution < -0.4 is 11.1 Å². The third kappa shape index (κ3) is 11.7. The third-order valence-electron chi connectivity index (χ3n) is 2.08. The van der Waals surface area contributed by atoms with Crippen molar-refractivity contribution in [2.75, 3.05) is 23.4 Å². The molecular formula is C13H21N3O4S. The van der Waals surface area contributed by atoms with E-state index in [4.69, 9.17) is 20.7 Å². The number of thioether (sulfide) groups is 1. The minimum absolute atomic E-state index is 0.429. The quantitative estimate of drug-likeness (QED) is 0.550. The van der Waals surface area contributed by atoms with Crippen molar-refractivity contribution < 1.29 is 19.8 Å². The van der Waals surface area contributed by atoms with Gasteiger partial charge < -0.3 is 21.3 Å². The van der Waals surface area contributed by atoms with Crippen LogP contribution in [0.1, 0.15) is 12.5 Å². The maximum absolute atomic E-state index is 10.5. The highest BCUT2D eigenvalue weighted by molar-refractivity contribution is 7.99. The molecule has 0 radical (unpaired) electrons. The first-order valence-electron chi connectivity index (χ1n) is 6.25.